The Balaban J connectivity index is 1.80. The number of hydrogen-bond acceptors (Lipinski definition) is 1. The summed E-state index contributed by atoms with van der Waals surface area (Å²) in [6.07, 6.45) is 5.72. The van der Waals surface area contributed by atoms with Gasteiger partial charge < -0.3 is 4.90 Å². The summed E-state index contributed by atoms with van der Waals surface area (Å²) in [5.74, 6) is 0.0655. The van der Waals surface area contributed by atoms with Crippen LogP contribution in [-0.4, -0.2) is 25.0 Å². The van der Waals surface area contributed by atoms with E-state index < -0.39 is 0 Å². The van der Waals surface area contributed by atoms with Crippen LogP contribution in [0.4, 0.5) is 4.39 Å². The highest BCUT2D eigenvalue weighted by Crippen LogP contribution is 2.45. The quantitative estimate of drug-likeness (QED) is 0.674. The zero-order valence-electron chi connectivity index (χ0n) is 13.6. The van der Waals surface area contributed by atoms with Crippen LogP contribution in [0.3, 0.4) is 0 Å². The maximum Gasteiger partial charge on any atom is 0.123 e. The monoisotopic (exact) mass is 339 g/mol. The first-order valence-electron chi connectivity index (χ1n) is 8.27. The number of halogens is 2. The number of allylic oxidation sites excluding steroid dienone is 1. The van der Waals surface area contributed by atoms with Gasteiger partial charge in [-0.25, -0.2) is 4.39 Å². The van der Waals surface area contributed by atoms with E-state index in [9.17, 15) is 4.39 Å². The Morgan fingerprint density at radius 2 is 1.92 bits per heavy atom. The average molecular weight is 340 g/mol. The second-order valence-electron chi connectivity index (χ2n) is 6.59. The highest BCUT2D eigenvalue weighted by Gasteiger charge is 2.28. The van der Waals surface area contributed by atoms with Gasteiger partial charge in [-0.2, -0.15) is 0 Å². The fraction of sp³-hybridized carbons (Fsp3) is 0.238. The van der Waals surface area contributed by atoms with Crippen molar-refractivity contribution in [3.05, 3.63) is 87.7 Å². The van der Waals surface area contributed by atoms with E-state index in [1.807, 2.05) is 18.2 Å². The molecule has 1 heterocycles. The molecule has 0 saturated carbocycles. The summed E-state index contributed by atoms with van der Waals surface area (Å²) in [6, 6.07) is 12.8. The average Bonchev–Trinajstić information content (AvgIpc) is 2.95. The maximum absolute atomic E-state index is 13.3. The number of fused-ring (bicyclic) bond motifs is 1. The summed E-state index contributed by atoms with van der Waals surface area (Å²) >= 11 is 6.26. The molecule has 0 spiro atoms. The van der Waals surface area contributed by atoms with Crippen molar-refractivity contribution in [2.24, 2.45) is 0 Å². The largest absolute Gasteiger partial charge is 0.302 e. The molecule has 0 saturated heterocycles. The standard InChI is InChI=1S/C21H19ClFN/c1-24-10-8-15(9-11-24)20-13-19(14-2-5-17(23)6-3-14)18-7-4-16(22)12-21(18)20/h2-8,12-13,20H,9-11H2,1H3. The minimum Gasteiger partial charge on any atom is -0.302 e. The number of nitrogens with zero attached hydrogens (tertiary/aromatic N) is 1. The lowest BCUT2D eigenvalue weighted by Gasteiger charge is -2.25. The Bertz CT molecular complexity index is 835. The first-order valence-corrected chi connectivity index (χ1v) is 8.64. The van der Waals surface area contributed by atoms with Crippen molar-refractivity contribution in [3.8, 4) is 0 Å². The second kappa shape index (κ2) is 6.19. The smallest absolute Gasteiger partial charge is 0.123 e. The minimum absolute atomic E-state index is 0.205. The van der Waals surface area contributed by atoms with Gasteiger partial charge in [0.25, 0.3) is 0 Å². The molecule has 1 aliphatic heterocycles. The van der Waals surface area contributed by atoms with Crippen LogP contribution in [0.1, 0.15) is 29.0 Å². The Labute approximate surface area is 147 Å². The van der Waals surface area contributed by atoms with E-state index in [1.54, 1.807) is 0 Å². The first-order chi connectivity index (χ1) is 11.6. The number of benzene rings is 2. The molecule has 1 aliphatic carbocycles. The minimum atomic E-state index is -0.205. The topological polar surface area (TPSA) is 3.24 Å². The van der Waals surface area contributed by atoms with Crippen LogP contribution in [-0.2, 0) is 0 Å². The normalized spacial score (nSPS) is 20.5. The Hall–Kier alpha value is -1.90. The molecule has 24 heavy (non-hydrogen) atoms. The van der Waals surface area contributed by atoms with Gasteiger partial charge in [0.15, 0.2) is 0 Å². The van der Waals surface area contributed by atoms with Crippen molar-refractivity contribution in [2.45, 2.75) is 12.3 Å². The molecule has 3 heteroatoms. The number of likely N-dealkylation sites (N-methyl/N-ethyl adjacent to an activating group) is 1. The number of rotatable bonds is 2. The second-order valence-corrected chi connectivity index (χ2v) is 7.02. The lowest BCUT2D eigenvalue weighted by Crippen LogP contribution is -2.25. The highest BCUT2D eigenvalue weighted by atomic mass is 35.5. The van der Waals surface area contributed by atoms with Crippen LogP contribution in [0.15, 0.2) is 60.2 Å². The predicted molar refractivity (Wildman–Crippen MR) is 97.9 cm³/mol. The van der Waals surface area contributed by atoms with Gasteiger partial charge in [0.2, 0.25) is 0 Å². The molecule has 0 fully saturated rings. The fourth-order valence-electron chi connectivity index (χ4n) is 3.64. The zero-order chi connectivity index (χ0) is 16.7. The van der Waals surface area contributed by atoms with Crippen molar-refractivity contribution < 1.29 is 4.39 Å². The molecule has 2 aliphatic rings. The van der Waals surface area contributed by atoms with Gasteiger partial charge in [0, 0.05) is 24.0 Å². The maximum atomic E-state index is 13.3. The van der Waals surface area contributed by atoms with E-state index >= 15 is 0 Å². The van der Waals surface area contributed by atoms with Gasteiger partial charge in [-0.15, -0.1) is 0 Å². The van der Waals surface area contributed by atoms with Crippen molar-refractivity contribution in [1.82, 2.24) is 4.90 Å². The molecular weight excluding hydrogens is 321 g/mol. The third-order valence-corrected chi connectivity index (χ3v) is 5.21. The van der Waals surface area contributed by atoms with Gasteiger partial charge in [-0.1, -0.05) is 47.5 Å². The van der Waals surface area contributed by atoms with Crippen LogP contribution < -0.4 is 0 Å². The summed E-state index contributed by atoms with van der Waals surface area (Å²) in [5.41, 5.74) is 6.14. The zero-order valence-corrected chi connectivity index (χ0v) is 14.4. The van der Waals surface area contributed by atoms with Crippen LogP contribution in [0.25, 0.3) is 5.57 Å². The summed E-state index contributed by atoms with van der Waals surface area (Å²) in [7, 11) is 2.15. The fourth-order valence-corrected chi connectivity index (χ4v) is 3.82. The van der Waals surface area contributed by atoms with E-state index in [-0.39, 0.29) is 11.7 Å². The van der Waals surface area contributed by atoms with E-state index in [0.29, 0.717) is 0 Å². The molecule has 2 aromatic rings. The van der Waals surface area contributed by atoms with Gasteiger partial charge in [-0.05, 0) is 60.0 Å². The number of hydrogen-bond donors (Lipinski definition) is 0. The van der Waals surface area contributed by atoms with Gasteiger partial charge >= 0.3 is 0 Å². The molecule has 0 amide bonds. The van der Waals surface area contributed by atoms with E-state index in [4.69, 9.17) is 11.6 Å². The summed E-state index contributed by atoms with van der Waals surface area (Å²) in [4.78, 5) is 2.32. The Morgan fingerprint density at radius 3 is 2.62 bits per heavy atom. The summed E-state index contributed by atoms with van der Waals surface area (Å²) in [5, 5.41) is 0.765. The molecule has 1 atom stereocenters. The lowest BCUT2D eigenvalue weighted by molar-refractivity contribution is 0.356. The Kier molecular flexibility index (Phi) is 4.03. The molecule has 0 bridgehead atoms. The molecule has 0 N–H and O–H groups in total. The molecule has 1 unspecified atom stereocenters. The first kappa shape index (κ1) is 15.6. The van der Waals surface area contributed by atoms with Gasteiger partial charge in [-0.3, -0.25) is 0 Å². The summed E-state index contributed by atoms with van der Waals surface area (Å²) in [6.45, 7) is 2.07. The highest BCUT2D eigenvalue weighted by molar-refractivity contribution is 6.30. The lowest BCUT2D eigenvalue weighted by atomic mass is 9.89. The SMILES string of the molecule is CN1CC=C(C2C=C(c3ccc(F)cc3)c3ccc(Cl)cc32)CC1. The van der Waals surface area contributed by atoms with Crippen molar-refractivity contribution in [2.75, 3.05) is 20.1 Å². The third kappa shape index (κ3) is 2.81. The van der Waals surface area contributed by atoms with Crippen molar-refractivity contribution in [3.63, 3.8) is 0 Å². The third-order valence-electron chi connectivity index (χ3n) is 4.97. The molecule has 2 aromatic carbocycles. The van der Waals surface area contributed by atoms with Crippen molar-refractivity contribution >= 4 is 17.2 Å². The van der Waals surface area contributed by atoms with E-state index in [2.05, 4.69) is 36.2 Å². The molecule has 0 radical (unpaired) electrons. The van der Waals surface area contributed by atoms with Crippen LogP contribution in [0.5, 0.6) is 0 Å². The van der Waals surface area contributed by atoms with Gasteiger partial charge in [0.1, 0.15) is 5.82 Å². The molecule has 4 rings (SSSR count). The van der Waals surface area contributed by atoms with E-state index in [0.717, 1.165) is 30.1 Å². The van der Waals surface area contributed by atoms with Crippen molar-refractivity contribution in [1.29, 1.82) is 0 Å². The van der Waals surface area contributed by atoms with Crippen LogP contribution in [0, 0.1) is 5.82 Å². The Morgan fingerprint density at radius 1 is 1.12 bits per heavy atom. The summed E-state index contributed by atoms with van der Waals surface area (Å²) < 4.78 is 13.3. The molecular formula is C21H19ClFN. The predicted octanol–water partition coefficient (Wildman–Crippen LogP) is 5.27. The molecule has 1 nitrogen and oxygen atoms in total. The molecule has 122 valence electrons. The molecule has 0 aromatic heterocycles. The van der Waals surface area contributed by atoms with Crippen LogP contribution >= 0.6 is 11.6 Å². The van der Waals surface area contributed by atoms with Crippen LogP contribution in [0.2, 0.25) is 5.02 Å². The van der Waals surface area contributed by atoms with Gasteiger partial charge in [0.05, 0.1) is 0 Å². The van der Waals surface area contributed by atoms with E-state index in [1.165, 1.54) is 34.4 Å².